The largest absolute Gasteiger partial charge is 0.349 e. The first-order valence-electron chi connectivity index (χ1n) is 8.43. The van der Waals surface area contributed by atoms with Crippen molar-refractivity contribution in [2.45, 2.75) is 46.1 Å². The van der Waals surface area contributed by atoms with Gasteiger partial charge in [-0.3, -0.25) is 9.48 Å². The molecule has 22 heavy (non-hydrogen) atoms. The van der Waals surface area contributed by atoms with Crippen LogP contribution in [0.1, 0.15) is 49.2 Å². The van der Waals surface area contributed by atoms with Gasteiger partial charge in [0.05, 0.1) is 11.7 Å². The van der Waals surface area contributed by atoms with Crippen LogP contribution >= 0.6 is 0 Å². The summed E-state index contributed by atoms with van der Waals surface area (Å²) < 4.78 is 1.90. The smallest absolute Gasteiger partial charge is 0.224 e. The molecule has 2 fully saturated rings. The van der Waals surface area contributed by atoms with Gasteiger partial charge in [0.2, 0.25) is 5.91 Å². The second-order valence-corrected chi connectivity index (χ2v) is 7.53. The summed E-state index contributed by atoms with van der Waals surface area (Å²) in [5.41, 5.74) is 3.79. The maximum atomic E-state index is 12.8. The number of aryl methyl sites for hydroxylation is 2. The fourth-order valence-electron chi connectivity index (χ4n) is 5.08. The van der Waals surface area contributed by atoms with Gasteiger partial charge in [-0.05, 0) is 57.3 Å². The molecule has 3 aliphatic carbocycles. The highest BCUT2D eigenvalue weighted by molar-refractivity contribution is 5.81. The monoisotopic (exact) mass is 299 g/mol. The topological polar surface area (TPSA) is 46.9 Å². The lowest BCUT2D eigenvalue weighted by molar-refractivity contribution is -0.126. The number of hydrogen-bond donors (Lipinski definition) is 1. The number of carbonyl (C=O) groups is 1. The summed E-state index contributed by atoms with van der Waals surface area (Å²) in [5, 5.41) is 7.72. The molecule has 1 aromatic heterocycles. The van der Waals surface area contributed by atoms with E-state index in [0.717, 1.165) is 23.4 Å². The van der Waals surface area contributed by atoms with E-state index in [4.69, 9.17) is 0 Å². The average molecular weight is 299 g/mol. The zero-order chi connectivity index (χ0) is 15.6. The number of nitrogens with zero attached hydrogens (tertiary/aromatic N) is 2. The first-order valence-corrected chi connectivity index (χ1v) is 8.43. The molecule has 0 aliphatic heterocycles. The van der Waals surface area contributed by atoms with Gasteiger partial charge in [-0.2, -0.15) is 5.10 Å². The molecule has 2 saturated carbocycles. The molecule has 0 saturated heterocycles. The summed E-state index contributed by atoms with van der Waals surface area (Å²) in [6.07, 6.45) is 8.35. The Bertz CT molecular complexity index is 668. The minimum absolute atomic E-state index is 0.0273. The molecule has 4 heteroatoms. The van der Waals surface area contributed by atoms with Crippen LogP contribution in [0.2, 0.25) is 0 Å². The predicted octanol–water partition coefficient (Wildman–Crippen LogP) is 2.82. The van der Waals surface area contributed by atoms with Crippen LogP contribution in [0.3, 0.4) is 0 Å². The second kappa shape index (κ2) is 4.46. The summed E-state index contributed by atoms with van der Waals surface area (Å²) in [4.78, 5) is 12.8. The van der Waals surface area contributed by atoms with Gasteiger partial charge in [-0.25, -0.2) is 0 Å². The fraction of sp³-hybridized carbons (Fsp3) is 0.667. The Morgan fingerprint density at radius 2 is 2.14 bits per heavy atom. The third kappa shape index (κ3) is 1.76. The van der Waals surface area contributed by atoms with E-state index in [-0.39, 0.29) is 17.9 Å². The molecule has 3 aliphatic rings. The number of aromatic nitrogens is 2. The number of amides is 1. The van der Waals surface area contributed by atoms with Gasteiger partial charge in [0, 0.05) is 24.2 Å². The van der Waals surface area contributed by atoms with Crippen LogP contribution in [0.25, 0.3) is 0 Å². The van der Waals surface area contributed by atoms with Crippen LogP contribution in [-0.2, 0) is 11.8 Å². The average Bonchev–Trinajstić information content (AvgIpc) is 3.05. The van der Waals surface area contributed by atoms with E-state index in [1.54, 1.807) is 0 Å². The summed E-state index contributed by atoms with van der Waals surface area (Å²) in [6.45, 7) is 6.16. The molecule has 0 aromatic carbocycles. The summed E-state index contributed by atoms with van der Waals surface area (Å²) in [6, 6.07) is 0.0273. The van der Waals surface area contributed by atoms with Gasteiger partial charge in [0.1, 0.15) is 0 Å². The van der Waals surface area contributed by atoms with Crippen molar-refractivity contribution >= 4 is 5.91 Å². The molecule has 1 N–H and O–H groups in total. The summed E-state index contributed by atoms with van der Waals surface area (Å²) in [7, 11) is 1.96. The van der Waals surface area contributed by atoms with Crippen LogP contribution < -0.4 is 5.32 Å². The van der Waals surface area contributed by atoms with Crippen molar-refractivity contribution in [3.05, 3.63) is 29.1 Å². The minimum Gasteiger partial charge on any atom is -0.349 e. The molecule has 0 unspecified atom stereocenters. The van der Waals surface area contributed by atoms with Gasteiger partial charge in [-0.1, -0.05) is 12.2 Å². The Kier molecular flexibility index (Phi) is 2.85. The molecule has 118 valence electrons. The van der Waals surface area contributed by atoms with E-state index >= 15 is 0 Å². The third-order valence-corrected chi connectivity index (χ3v) is 6.42. The predicted molar refractivity (Wildman–Crippen MR) is 85.1 cm³/mol. The molecule has 4 rings (SSSR count). The van der Waals surface area contributed by atoms with Crippen molar-refractivity contribution in [2.24, 2.45) is 30.2 Å². The van der Waals surface area contributed by atoms with Gasteiger partial charge < -0.3 is 5.32 Å². The van der Waals surface area contributed by atoms with Gasteiger partial charge in [0.25, 0.3) is 0 Å². The molecule has 4 atom stereocenters. The highest BCUT2D eigenvalue weighted by atomic mass is 16.2. The Hall–Kier alpha value is -1.58. The van der Waals surface area contributed by atoms with Crippen LogP contribution in [0, 0.1) is 37.0 Å². The van der Waals surface area contributed by atoms with Crippen molar-refractivity contribution in [2.75, 3.05) is 0 Å². The fourth-order valence-corrected chi connectivity index (χ4v) is 5.08. The number of carbonyl (C=O) groups excluding carboxylic acids is 1. The maximum absolute atomic E-state index is 12.8. The van der Waals surface area contributed by atoms with Crippen LogP contribution in [0.4, 0.5) is 0 Å². The molecular formula is C18H25N3O. The molecule has 1 aromatic rings. The summed E-state index contributed by atoms with van der Waals surface area (Å²) >= 11 is 0. The lowest BCUT2D eigenvalue weighted by Crippen LogP contribution is -2.35. The van der Waals surface area contributed by atoms with Crippen molar-refractivity contribution < 1.29 is 4.79 Å². The molecule has 0 radical (unpaired) electrons. The third-order valence-electron chi connectivity index (χ3n) is 6.42. The SMILES string of the molecule is Cc1nn(C)c(C)c1[C@H](C)NC(=O)[C@@H]1C[C@H]2C=C[C@H]1C21CC1. The standard InChI is InChI=1S/C18H25N3O/c1-10(16-11(2)20-21(4)12(16)3)19-17(22)14-9-13-5-6-15(14)18(13)7-8-18/h5-6,10,13-15H,7-9H2,1-4H3,(H,19,22)/t10-,13+,14+,15+/m0/s1. The molecule has 1 spiro atoms. The van der Waals surface area contributed by atoms with Crippen molar-refractivity contribution in [3.8, 4) is 0 Å². The van der Waals surface area contributed by atoms with Gasteiger partial charge in [0.15, 0.2) is 0 Å². The normalized spacial score (nSPS) is 31.7. The van der Waals surface area contributed by atoms with E-state index in [0.29, 0.717) is 17.3 Å². The number of nitrogens with one attached hydrogen (secondary N) is 1. The maximum Gasteiger partial charge on any atom is 0.224 e. The van der Waals surface area contributed by atoms with Crippen LogP contribution in [0.5, 0.6) is 0 Å². The van der Waals surface area contributed by atoms with Crippen LogP contribution in [0.15, 0.2) is 12.2 Å². The van der Waals surface area contributed by atoms with Crippen molar-refractivity contribution in [1.82, 2.24) is 15.1 Å². The molecule has 2 bridgehead atoms. The molecule has 1 heterocycles. The zero-order valence-corrected chi connectivity index (χ0v) is 13.9. The Morgan fingerprint density at radius 3 is 2.68 bits per heavy atom. The minimum atomic E-state index is 0.0273. The van der Waals surface area contributed by atoms with E-state index in [1.165, 1.54) is 12.8 Å². The first-order chi connectivity index (χ1) is 10.4. The first kappa shape index (κ1) is 14.0. The lowest BCUT2D eigenvalue weighted by atomic mass is 9.88. The Labute approximate surface area is 132 Å². The van der Waals surface area contributed by atoms with Crippen molar-refractivity contribution in [1.29, 1.82) is 0 Å². The number of hydrogen-bond acceptors (Lipinski definition) is 2. The van der Waals surface area contributed by atoms with Crippen LogP contribution in [-0.4, -0.2) is 15.7 Å². The van der Waals surface area contributed by atoms with E-state index in [9.17, 15) is 4.79 Å². The zero-order valence-electron chi connectivity index (χ0n) is 13.9. The van der Waals surface area contributed by atoms with Gasteiger partial charge in [-0.15, -0.1) is 0 Å². The Morgan fingerprint density at radius 1 is 1.41 bits per heavy atom. The van der Waals surface area contributed by atoms with Gasteiger partial charge >= 0.3 is 0 Å². The quantitative estimate of drug-likeness (QED) is 0.872. The second-order valence-electron chi connectivity index (χ2n) is 7.53. The molecular weight excluding hydrogens is 274 g/mol. The number of allylic oxidation sites excluding steroid dienone is 2. The van der Waals surface area contributed by atoms with E-state index < -0.39 is 0 Å². The molecule has 1 amide bonds. The molecule has 4 nitrogen and oxygen atoms in total. The van der Waals surface area contributed by atoms with E-state index in [2.05, 4.69) is 36.4 Å². The highest BCUT2D eigenvalue weighted by Gasteiger charge is 2.64. The van der Waals surface area contributed by atoms with Crippen molar-refractivity contribution in [3.63, 3.8) is 0 Å². The number of rotatable bonds is 3. The summed E-state index contributed by atoms with van der Waals surface area (Å²) in [5.74, 6) is 1.56. The lowest BCUT2D eigenvalue weighted by Gasteiger charge is -2.22. The van der Waals surface area contributed by atoms with E-state index in [1.807, 2.05) is 18.7 Å². The Balaban J connectivity index is 1.50. The highest BCUT2D eigenvalue weighted by Crippen LogP contribution is 2.70.